The van der Waals surface area contributed by atoms with E-state index in [0.717, 1.165) is 28.3 Å². The quantitative estimate of drug-likeness (QED) is 0.897. The Bertz CT molecular complexity index is 598. The zero-order valence-electron chi connectivity index (χ0n) is 11.1. The summed E-state index contributed by atoms with van der Waals surface area (Å²) in [5.41, 5.74) is 2.94. The van der Waals surface area contributed by atoms with E-state index in [1.807, 2.05) is 42.5 Å². The van der Waals surface area contributed by atoms with Gasteiger partial charge in [-0.25, -0.2) is 0 Å². The minimum absolute atomic E-state index is 0.0488. The smallest absolute Gasteiger partial charge is 0.166 e. The number of ether oxygens (including phenoxy) is 2. The van der Waals surface area contributed by atoms with Crippen LogP contribution in [0.3, 0.4) is 0 Å². The molecule has 2 aromatic carbocycles. The van der Waals surface area contributed by atoms with Crippen molar-refractivity contribution in [2.24, 2.45) is 0 Å². The third-order valence-corrected chi connectivity index (χ3v) is 3.24. The van der Waals surface area contributed by atoms with E-state index in [9.17, 15) is 0 Å². The Morgan fingerprint density at radius 2 is 1.90 bits per heavy atom. The summed E-state index contributed by atoms with van der Waals surface area (Å²) < 4.78 is 11.2. The van der Waals surface area contributed by atoms with Gasteiger partial charge in [-0.15, -0.1) is 0 Å². The number of aliphatic hydroxyl groups is 1. The van der Waals surface area contributed by atoms with Crippen LogP contribution in [0.1, 0.15) is 11.1 Å². The van der Waals surface area contributed by atoms with Crippen LogP contribution in [0.4, 0.5) is 5.69 Å². The Labute approximate surface area is 118 Å². The molecule has 2 aromatic rings. The van der Waals surface area contributed by atoms with Crippen LogP contribution in [0, 0.1) is 0 Å². The Morgan fingerprint density at radius 1 is 1.05 bits per heavy atom. The number of anilines is 1. The van der Waals surface area contributed by atoms with Crippen LogP contribution >= 0.6 is 0 Å². The summed E-state index contributed by atoms with van der Waals surface area (Å²) in [7, 11) is 0. The molecule has 0 bridgehead atoms. The molecule has 0 aliphatic carbocycles. The number of fused-ring (bicyclic) bond motifs is 1. The normalized spacial score (nSPS) is 13.1. The fourth-order valence-electron chi connectivity index (χ4n) is 2.25. The fourth-order valence-corrected chi connectivity index (χ4v) is 2.25. The van der Waals surface area contributed by atoms with Gasteiger partial charge in [-0.3, -0.25) is 0 Å². The number of benzene rings is 2. The molecule has 1 aliphatic rings. The summed E-state index contributed by atoms with van der Waals surface area (Å²) >= 11 is 0. The summed E-state index contributed by atoms with van der Waals surface area (Å²) in [6.45, 7) is 1.89. The van der Waals surface area contributed by atoms with Crippen LogP contribution in [0.15, 0.2) is 42.5 Å². The van der Waals surface area contributed by atoms with Gasteiger partial charge in [0.25, 0.3) is 0 Å². The maximum Gasteiger partial charge on any atom is 0.166 e. The lowest BCUT2D eigenvalue weighted by atomic mass is 10.1. The van der Waals surface area contributed by atoms with Gasteiger partial charge < -0.3 is 19.9 Å². The zero-order valence-corrected chi connectivity index (χ0v) is 11.1. The molecule has 0 radical (unpaired) electrons. The highest BCUT2D eigenvalue weighted by atomic mass is 16.6. The molecule has 0 saturated heterocycles. The largest absolute Gasteiger partial charge is 0.486 e. The topological polar surface area (TPSA) is 50.7 Å². The second kappa shape index (κ2) is 5.84. The lowest BCUT2D eigenvalue weighted by Gasteiger charge is -2.21. The lowest BCUT2D eigenvalue weighted by Crippen LogP contribution is -2.17. The monoisotopic (exact) mass is 271 g/mol. The summed E-state index contributed by atoms with van der Waals surface area (Å²) in [5.74, 6) is 1.63. The molecule has 1 aliphatic heterocycles. The van der Waals surface area contributed by atoms with Gasteiger partial charge in [-0.05, 0) is 23.8 Å². The molecule has 0 fully saturated rings. The highest BCUT2D eigenvalue weighted by molar-refractivity contribution is 5.51. The Balaban J connectivity index is 1.75. The molecule has 0 atom stereocenters. The molecule has 4 heteroatoms. The molecule has 0 saturated carbocycles. The van der Waals surface area contributed by atoms with Crippen molar-refractivity contribution in [1.29, 1.82) is 0 Å². The third kappa shape index (κ3) is 2.70. The van der Waals surface area contributed by atoms with Crippen molar-refractivity contribution in [3.05, 3.63) is 53.6 Å². The second-order valence-electron chi connectivity index (χ2n) is 4.65. The van der Waals surface area contributed by atoms with E-state index in [1.165, 1.54) is 0 Å². The molecule has 104 valence electrons. The average Bonchev–Trinajstić information content (AvgIpc) is 2.53. The summed E-state index contributed by atoms with van der Waals surface area (Å²) in [4.78, 5) is 0. The molecule has 1 heterocycles. The van der Waals surface area contributed by atoms with Crippen molar-refractivity contribution in [3.63, 3.8) is 0 Å². The van der Waals surface area contributed by atoms with E-state index < -0.39 is 0 Å². The van der Waals surface area contributed by atoms with Crippen molar-refractivity contribution >= 4 is 5.69 Å². The molecule has 2 N–H and O–H groups in total. The summed E-state index contributed by atoms with van der Waals surface area (Å²) in [5, 5.41) is 12.5. The highest BCUT2D eigenvalue weighted by Gasteiger charge is 2.15. The Kier molecular flexibility index (Phi) is 3.74. The SMILES string of the molecule is OCc1cccc(NCc2cccc3c2OCCO3)c1. The van der Waals surface area contributed by atoms with Gasteiger partial charge in [-0.2, -0.15) is 0 Å². The van der Waals surface area contributed by atoms with Gasteiger partial charge in [0.2, 0.25) is 0 Å². The minimum atomic E-state index is 0.0488. The van der Waals surface area contributed by atoms with Crippen molar-refractivity contribution in [3.8, 4) is 11.5 Å². The average molecular weight is 271 g/mol. The number of aliphatic hydroxyl groups excluding tert-OH is 1. The molecule has 20 heavy (non-hydrogen) atoms. The van der Waals surface area contributed by atoms with E-state index >= 15 is 0 Å². The molecular formula is C16H17NO3. The number of hydrogen-bond acceptors (Lipinski definition) is 4. The molecule has 3 rings (SSSR count). The lowest BCUT2D eigenvalue weighted by molar-refractivity contribution is 0.170. The van der Waals surface area contributed by atoms with Gasteiger partial charge in [0, 0.05) is 17.8 Å². The van der Waals surface area contributed by atoms with E-state index in [2.05, 4.69) is 5.32 Å². The first-order valence-corrected chi connectivity index (χ1v) is 6.68. The van der Waals surface area contributed by atoms with Crippen LogP contribution in [0.5, 0.6) is 11.5 Å². The van der Waals surface area contributed by atoms with Crippen LogP contribution in [0.25, 0.3) is 0 Å². The predicted octanol–water partition coefficient (Wildman–Crippen LogP) is 2.56. The zero-order chi connectivity index (χ0) is 13.8. The summed E-state index contributed by atoms with van der Waals surface area (Å²) in [6.07, 6.45) is 0. The molecule has 0 aromatic heterocycles. The van der Waals surface area contributed by atoms with Crippen molar-refractivity contribution in [2.75, 3.05) is 18.5 Å². The van der Waals surface area contributed by atoms with E-state index in [0.29, 0.717) is 19.8 Å². The minimum Gasteiger partial charge on any atom is -0.486 e. The maximum atomic E-state index is 9.14. The predicted molar refractivity (Wildman–Crippen MR) is 77.1 cm³/mol. The molecule has 0 amide bonds. The molecule has 0 unspecified atom stereocenters. The van der Waals surface area contributed by atoms with Gasteiger partial charge in [-0.1, -0.05) is 24.3 Å². The first-order valence-electron chi connectivity index (χ1n) is 6.68. The van der Waals surface area contributed by atoms with Crippen LogP contribution < -0.4 is 14.8 Å². The van der Waals surface area contributed by atoms with Crippen molar-refractivity contribution < 1.29 is 14.6 Å². The molecule has 4 nitrogen and oxygen atoms in total. The first kappa shape index (κ1) is 12.8. The number of para-hydroxylation sites is 1. The molecular weight excluding hydrogens is 254 g/mol. The summed E-state index contributed by atoms with van der Waals surface area (Å²) in [6, 6.07) is 13.6. The van der Waals surface area contributed by atoms with Gasteiger partial charge in [0.1, 0.15) is 13.2 Å². The maximum absolute atomic E-state index is 9.14. The van der Waals surface area contributed by atoms with E-state index in [-0.39, 0.29) is 6.61 Å². The number of hydrogen-bond donors (Lipinski definition) is 2. The number of rotatable bonds is 4. The van der Waals surface area contributed by atoms with Crippen molar-refractivity contribution in [2.45, 2.75) is 13.2 Å². The Morgan fingerprint density at radius 3 is 2.80 bits per heavy atom. The van der Waals surface area contributed by atoms with Gasteiger partial charge in [0.05, 0.1) is 6.61 Å². The standard InChI is InChI=1S/C16H17NO3/c18-11-12-3-1-5-14(9-12)17-10-13-4-2-6-15-16(13)20-8-7-19-15/h1-6,9,17-18H,7-8,10-11H2. The number of nitrogens with one attached hydrogen (secondary N) is 1. The van der Waals surface area contributed by atoms with Crippen LogP contribution in [-0.4, -0.2) is 18.3 Å². The van der Waals surface area contributed by atoms with E-state index in [4.69, 9.17) is 14.6 Å². The van der Waals surface area contributed by atoms with Crippen LogP contribution in [0.2, 0.25) is 0 Å². The van der Waals surface area contributed by atoms with E-state index in [1.54, 1.807) is 0 Å². The third-order valence-electron chi connectivity index (χ3n) is 3.24. The first-order chi connectivity index (χ1) is 9.86. The van der Waals surface area contributed by atoms with Crippen molar-refractivity contribution in [1.82, 2.24) is 0 Å². The fraction of sp³-hybridized carbons (Fsp3) is 0.250. The second-order valence-corrected chi connectivity index (χ2v) is 4.65. The molecule has 0 spiro atoms. The van der Waals surface area contributed by atoms with Gasteiger partial charge in [0.15, 0.2) is 11.5 Å². The Hall–Kier alpha value is -2.20. The van der Waals surface area contributed by atoms with Crippen LogP contribution in [-0.2, 0) is 13.2 Å². The van der Waals surface area contributed by atoms with Gasteiger partial charge >= 0.3 is 0 Å². The highest BCUT2D eigenvalue weighted by Crippen LogP contribution is 2.33.